The summed E-state index contributed by atoms with van der Waals surface area (Å²) in [5, 5.41) is 0. The molecule has 0 aromatic rings. The van der Waals surface area contributed by atoms with E-state index in [1.807, 2.05) is 0 Å². The van der Waals surface area contributed by atoms with Crippen molar-refractivity contribution in [1.82, 2.24) is 0 Å². The van der Waals surface area contributed by atoms with Gasteiger partial charge in [-0.15, -0.1) is 0 Å². The lowest BCUT2D eigenvalue weighted by molar-refractivity contribution is -0.140. The van der Waals surface area contributed by atoms with Gasteiger partial charge in [0.2, 0.25) is 0 Å². The SMILES string of the molecule is CCC(CN)OCCCCCCCCCC(=O)OC. The van der Waals surface area contributed by atoms with E-state index in [9.17, 15) is 4.79 Å². The van der Waals surface area contributed by atoms with Crippen LogP contribution in [-0.4, -0.2) is 32.3 Å². The van der Waals surface area contributed by atoms with Gasteiger partial charge in [-0.05, 0) is 19.3 Å². The van der Waals surface area contributed by atoms with Gasteiger partial charge in [-0.25, -0.2) is 0 Å². The average Bonchev–Trinajstić information content (AvgIpc) is 2.44. The Morgan fingerprint density at radius 2 is 1.63 bits per heavy atom. The molecule has 0 bridgehead atoms. The molecule has 0 radical (unpaired) electrons. The molecule has 4 heteroatoms. The molecule has 0 saturated carbocycles. The van der Waals surface area contributed by atoms with Crippen LogP contribution in [0.15, 0.2) is 0 Å². The van der Waals surface area contributed by atoms with Crippen LogP contribution in [0.3, 0.4) is 0 Å². The predicted molar refractivity (Wildman–Crippen MR) is 78.0 cm³/mol. The van der Waals surface area contributed by atoms with Gasteiger partial charge in [0.1, 0.15) is 0 Å². The summed E-state index contributed by atoms with van der Waals surface area (Å²) in [7, 11) is 1.44. The third-order valence-corrected chi connectivity index (χ3v) is 3.32. The molecule has 19 heavy (non-hydrogen) atoms. The maximum atomic E-state index is 10.9. The fourth-order valence-electron chi connectivity index (χ4n) is 1.96. The topological polar surface area (TPSA) is 61.5 Å². The van der Waals surface area contributed by atoms with Crippen molar-refractivity contribution in [2.24, 2.45) is 5.73 Å². The van der Waals surface area contributed by atoms with E-state index >= 15 is 0 Å². The maximum absolute atomic E-state index is 10.9. The first-order valence-electron chi connectivity index (χ1n) is 7.63. The molecule has 0 fully saturated rings. The van der Waals surface area contributed by atoms with Gasteiger partial charge >= 0.3 is 5.97 Å². The third kappa shape index (κ3) is 12.2. The van der Waals surface area contributed by atoms with Crippen LogP contribution in [0.2, 0.25) is 0 Å². The Morgan fingerprint density at radius 3 is 2.16 bits per heavy atom. The maximum Gasteiger partial charge on any atom is 0.305 e. The van der Waals surface area contributed by atoms with Gasteiger partial charge < -0.3 is 15.2 Å². The molecule has 0 aromatic carbocycles. The molecule has 0 heterocycles. The van der Waals surface area contributed by atoms with Crippen molar-refractivity contribution in [3.8, 4) is 0 Å². The second-order valence-electron chi connectivity index (χ2n) is 4.94. The summed E-state index contributed by atoms with van der Waals surface area (Å²) in [4.78, 5) is 10.9. The van der Waals surface area contributed by atoms with Gasteiger partial charge in [0, 0.05) is 19.6 Å². The van der Waals surface area contributed by atoms with Crippen molar-refractivity contribution in [3.63, 3.8) is 0 Å². The number of hydrogen-bond donors (Lipinski definition) is 1. The summed E-state index contributed by atoms with van der Waals surface area (Å²) in [6.07, 6.45) is 9.91. The minimum atomic E-state index is -0.0949. The Bertz CT molecular complexity index is 206. The largest absolute Gasteiger partial charge is 0.469 e. The van der Waals surface area contributed by atoms with E-state index in [4.69, 9.17) is 10.5 Å². The highest BCUT2D eigenvalue weighted by atomic mass is 16.5. The quantitative estimate of drug-likeness (QED) is 0.414. The van der Waals surface area contributed by atoms with Crippen LogP contribution in [0.25, 0.3) is 0 Å². The van der Waals surface area contributed by atoms with E-state index in [0.717, 1.165) is 32.3 Å². The molecule has 0 spiro atoms. The van der Waals surface area contributed by atoms with E-state index in [1.54, 1.807) is 0 Å². The highest BCUT2D eigenvalue weighted by Gasteiger charge is 2.02. The summed E-state index contributed by atoms with van der Waals surface area (Å²) in [6, 6.07) is 0. The highest BCUT2D eigenvalue weighted by Crippen LogP contribution is 2.09. The lowest BCUT2D eigenvalue weighted by Crippen LogP contribution is -2.23. The van der Waals surface area contributed by atoms with Crippen LogP contribution in [0, 0.1) is 0 Å². The lowest BCUT2D eigenvalue weighted by Gasteiger charge is -2.13. The Labute approximate surface area is 118 Å². The summed E-state index contributed by atoms with van der Waals surface area (Å²) in [5.41, 5.74) is 5.57. The highest BCUT2D eigenvalue weighted by molar-refractivity contribution is 5.68. The predicted octanol–water partition coefficient (Wildman–Crippen LogP) is 3.03. The summed E-state index contributed by atoms with van der Waals surface area (Å²) in [6.45, 7) is 3.56. The van der Waals surface area contributed by atoms with Crippen LogP contribution in [0.1, 0.15) is 64.7 Å². The zero-order valence-corrected chi connectivity index (χ0v) is 12.7. The summed E-state index contributed by atoms with van der Waals surface area (Å²) >= 11 is 0. The summed E-state index contributed by atoms with van der Waals surface area (Å²) < 4.78 is 10.2. The fourth-order valence-corrected chi connectivity index (χ4v) is 1.96. The number of esters is 1. The van der Waals surface area contributed by atoms with Gasteiger partial charge in [-0.1, -0.05) is 39.0 Å². The molecular formula is C15H31NO3. The van der Waals surface area contributed by atoms with Crippen molar-refractivity contribution in [1.29, 1.82) is 0 Å². The molecule has 1 atom stereocenters. The molecule has 0 aliphatic carbocycles. The standard InChI is InChI=1S/C15H31NO3/c1-3-14(13-16)19-12-10-8-6-4-5-7-9-11-15(17)18-2/h14H,3-13,16H2,1-2H3. The van der Waals surface area contributed by atoms with Crippen LogP contribution in [0.4, 0.5) is 0 Å². The van der Waals surface area contributed by atoms with Crippen LogP contribution in [0.5, 0.6) is 0 Å². The van der Waals surface area contributed by atoms with Crippen molar-refractivity contribution in [3.05, 3.63) is 0 Å². The molecule has 2 N–H and O–H groups in total. The molecule has 114 valence electrons. The van der Waals surface area contributed by atoms with Crippen molar-refractivity contribution in [2.75, 3.05) is 20.3 Å². The Morgan fingerprint density at radius 1 is 1.05 bits per heavy atom. The number of hydrogen-bond acceptors (Lipinski definition) is 4. The zero-order valence-electron chi connectivity index (χ0n) is 12.7. The van der Waals surface area contributed by atoms with E-state index in [2.05, 4.69) is 11.7 Å². The molecule has 0 aliphatic rings. The Balaban J connectivity index is 3.13. The zero-order chi connectivity index (χ0) is 14.3. The van der Waals surface area contributed by atoms with Gasteiger partial charge in [-0.3, -0.25) is 4.79 Å². The van der Waals surface area contributed by atoms with Gasteiger partial charge in [0.25, 0.3) is 0 Å². The molecule has 1 unspecified atom stereocenters. The first kappa shape index (κ1) is 18.4. The first-order valence-corrected chi connectivity index (χ1v) is 7.63. The molecule has 4 nitrogen and oxygen atoms in total. The molecule has 0 saturated heterocycles. The van der Waals surface area contributed by atoms with E-state index in [1.165, 1.54) is 32.8 Å². The minimum Gasteiger partial charge on any atom is -0.469 e. The molecular weight excluding hydrogens is 242 g/mol. The minimum absolute atomic E-state index is 0.0949. The van der Waals surface area contributed by atoms with E-state index in [0.29, 0.717) is 13.0 Å². The molecule has 0 aromatic heterocycles. The molecule has 0 amide bonds. The fraction of sp³-hybridized carbons (Fsp3) is 0.933. The molecule has 0 aliphatic heterocycles. The van der Waals surface area contributed by atoms with Crippen molar-refractivity contribution in [2.45, 2.75) is 70.8 Å². The van der Waals surface area contributed by atoms with Gasteiger partial charge in [0.15, 0.2) is 0 Å². The number of carbonyl (C=O) groups excluding carboxylic acids is 1. The van der Waals surface area contributed by atoms with Gasteiger partial charge in [0.05, 0.1) is 13.2 Å². The molecule has 0 rings (SSSR count). The second kappa shape index (κ2) is 13.8. The normalized spacial score (nSPS) is 12.4. The van der Waals surface area contributed by atoms with Crippen molar-refractivity contribution >= 4 is 5.97 Å². The smallest absolute Gasteiger partial charge is 0.305 e. The van der Waals surface area contributed by atoms with Crippen LogP contribution < -0.4 is 5.73 Å². The van der Waals surface area contributed by atoms with Crippen LogP contribution >= 0.6 is 0 Å². The Kier molecular flexibility index (Phi) is 13.4. The number of methoxy groups -OCH3 is 1. The number of ether oxygens (including phenoxy) is 2. The number of unbranched alkanes of at least 4 members (excludes halogenated alkanes) is 6. The monoisotopic (exact) mass is 273 g/mol. The van der Waals surface area contributed by atoms with E-state index in [-0.39, 0.29) is 12.1 Å². The number of rotatable bonds is 13. The van der Waals surface area contributed by atoms with E-state index < -0.39 is 0 Å². The van der Waals surface area contributed by atoms with Crippen molar-refractivity contribution < 1.29 is 14.3 Å². The lowest BCUT2D eigenvalue weighted by atomic mass is 10.1. The van der Waals surface area contributed by atoms with Crippen LogP contribution in [-0.2, 0) is 14.3 Å². The second-order valence-corrected chi connectivity index (χ2v) is 4.94. The number of carbonyl (C=O) groups is 1. The Hall–Kier alpha value is -0.610. The summed E-state index contributed by atoms with van der Waals surface area (Å²) in [5.74, 6) is -0.0949. The first-order chi connectivity index (χ1) is 9.24. The number of nitrogens with two attached hydrogens (primary N) is 1. The average molecular weight is 273 g/mol. The van der Waals surface area contributed by atoms with Gasteiger partial charge in [-0.2, -0.15) is 0 Å². The third-order valence-electron chi connectivity index (χ3n) is 3.32.